The van der Waals surface area contributed by atoms with E-state index in [1.54, 1.807) is 12.4 Å². The number of alkyl halides is 3. The fourth-order valence-corrected chi connectivity index (χ4v) is 5.95. The number of halogens is 7. The van der Waals surface area contributed by atoms with E-state index in [1.807, 2.05) is 26.2 Å². The molecule has 4 heterocycles. The summed E-state index contributed by atoms with van der Waals surface area (Å²) >= 11 is 14.6. The van der Waals surface area contributed by atoms with Crippen molar-refractivity contribution in [3.05, 3.63) is 117 Å². The number of benzene rings is 2. The Bertz CT molecular complexity index is 2060. The van der Waals surface area contributed by atoms with Gasteiger partial charge in [-0.3, -0.25) is 9.59 Å². The number of likely N-dealkylation sites (tertiary alicyclic amines) is 2. The highest BCUT2D eigenvalue weighted by molar-refractivity contribution is 9.08. The third-order valence-corrected chi connectivity index (χ3v) is 9.71. The predicted octanol–water partition coefficient (Wildman–Crippen LogP) is 7.37. The maximum Gasteiger partial charge on any atom is 0.253 e. The lowest BCUT2D eigenvalue weighted by Gasteiger charge is -2.36. The monoisotopic (exact) mass is 872 g/mol. The van der Waals surface area contributed by atoms with E-state index in [1.165, 1.54) is 34.1 Å². The molecule has 2 amide bonds. The molecule has 0 spiro atoms. The first kappa shape index (κ1) is 38.1. The Labute approximate surface area is 342 Å². The van der Waals surface area contributed by atoms with Gasteiger partial charge in [-0.25, -0.2) is 37.5 Å². The van der Waals surface area contributed by atoms with Crippen molar-refractivity contribution in [2.24, 2.45) is 5.73 Å². The summed E-state index contributed by atoms with van der Waals surface area (Å²) in [4.78, 5) is 43.8. The van der Waals surface area contributed by atoms with Crippen molar-refractivity contribution < 1.29 is 32.6 Å². The minimum atomic E-state index is -2.44. The van der Waals surface area contributed by atoms with E-state index in [9.17, 15) is 22.8 Å². The molecule has 2 aromatic carbocycles. The van der Waals surface area contributed by atoms with Crippen molar-refractivity contribution in [1.29, 1.82) is 0 Å². The lowest BCUT2D eigenvalue weighted by atomic mass is 9.92. The van der Waals surface area contributed by atoms with E-state index in [0.717, 1.165) is 34.4 Å². The summed E-state index contributed by atoms with van der Waals surface area (Å²) in [7, 11) is 0. The second-order valence-electron chi connectivity index (χ2n) is 12.9. The average molecular weight is 875 g/mol. The highest BCUT2D eigenvalue weighted by Crippen LogP contribution is 2.28. The van der Waals surface area contributed by atoms with E-state index >= 15 is 4.39 Å². The summed E-state index contributed by atoms with van der Waals surface area (Å²) in [5.41, 5.74) is 3.29. The van der Waals surface area contributed by atoms with Gasteiger partial charge < -0.3 is 20.9 Å². The van der Waals surface area contributed by atoms with Crippen LogP contribution in [-0.4, -0.2) is 92.1 Å². The molecule has 4 aromatic rings. The number of piperidine rings is 2. The van der Waals surface area contributed by atoms with Gasteiger partial charge in [0, 0.05) is 106 Å². The third-order valence-electron chi connectivity index (χ3n) is 8.63. The van der Waals surface area contributed by atoms with Gasteiger partial charge in [0.25, 0.3) is 11.8 Å². The number of nitrogens with two attached hydrogens (primary N) is 1. The number of aryl methyl sites for hydroxylation is 2. The van der Waals surface area contributed by atoms with Crippen molar-refractivity contribution in [1.82, 2.24) is 35.1 Å². The Balaban J connectivity index is 0.000000222. The highest BCUT2D eigenvalue weighted by Gasteiger charge is 2.36. The Morgan fingerprint density at radius 1 is 0.782 bits per heavy atom. The zero-order chi connectivity index (χ0) is 43.8. The van der Waals surface area contributed by atoms with Gasteiger partial charge in [-0.1, -0.05) is 39.1 Å². The van der Waals surface area contributed by atoms with Gasteiger partial charge >= 0.3 is 0 Å². The summed E-state index contributed by atoms with van der Waals surface area (Å²) in [6, 6.07) is 7.29. The fraction of sp³-hybridized carbons (Fsp3) is 0.421. The molecule has 0 bridgehead atoms. The molecule has 0 atom stereocenters. The maximum atomic E-state index is 15.4. The van der Waals surface area contributed by atoms with Crippen LogP contribution >= 0.6 is 39.1 Å². The van der Waals surface area contributed by atoms with Crippen LogP contribution in [0, 0.1) is 25.5 Å². The summed E-state index contributed by atoms with van der Waals surface area (Å²) in [5.74, 6) is -0.830. The molecule has 2 fully saturated rings. The van der Waals surface area contributed by atoms with Crippen molar-refractivity contribution in [3.63, 3.8) is 0 Å². The molecule has 0 aliphatic carbocycles. The summed E-state index contributed by atoms with van der Waals surface area (Å²) in [6.07, 6.45) is 6.11. The van der Waals surface area contributed by atoms with Gasteiger partial charge in [-0.15, -0.1) is 0 Å². The SMILES string of the molecule is Cc1cnc(CBr)nc1.[2H]C([2H])(N)C1(F)CCN(C(=O)c2ccc(F)c(Cl)c2)CC1.[2H]C([2H])(NCc1ncc(C)cn1)C1(F)CCN(C(=O)c2ccc(F)c(Cl)c2)CC1. The molecular weight excluding hydrogens is 827 g/mol. The van der Waals surface area contributed by atoms with Crippen molar-refractivity contribution in [2.75, 3.05) is 39.2 Å². The van der Waals surface area contributed by atoms with Crippen LogP contribution in [-0.2, 0) is 11.9 Å². The molecule has 0 saturated carbocycles. The van der Waals surface area contributed by atoms with Gasteiger partial charge in [0.1, 0.15) is 34.6 Å². The zero-order valence-corrected chi connectivity index (χ0v) is 33.2. The number of nitrogens with zero attached hydrogens (tertiary/aromatic N) is 6. The van der Waals surface area contributed by atoms with Crippen LogP contribution in [0.15, 0.2) is 61.2 Å². The van der Waals surface area contributed by atoms with Crippen LogP contribution in [0.2, 0.25) is 10.0 Å². The number of rotatable bonds is 8. The minimum Gasteiger partial charge on any atom is -0.338 e. The maximum absolute atomic E-state index is 15.4. The molecule has 2 aliphatic heterocycles. The highest BCUT2D eigenvalue weighted by atomic mass is 79.9. The second kappa shape index (κ2) is 20.4. The first-order chi connectivity index (χ1) is 27.6. The Morgan fingerprint density at radius 3 is 1.56 bits per heavy atom. The van der Waals surface area contributed by atoms with Crippen LogP contribution < -0.4 is 11.1 Å². The van der Waals surface area contributed by atoms with Crippen LogP contribution in [0.25, 0.3) is 0 Å². The predicted molar refractivity (Wildman–Crippen MR) is 208 cm³/mol. The normalized spacial score (nSPS) is 17.6. The molecule has 0 unspecified atom stereocenters. The van der Waals surface area contributed by atoms with E-state index in [-0.39, 0.29) is 79.6 Å². The first-order valence-electron chi connectivity index (χ1n) is 19.1. The summed E-state index contributed by atoms with van der Waals surface area (Å²) in [6.45, 7) is -0.826. The second-order valence-corrected chi connectivity index (χ2v) is 14.3. The van der Waals surface area contributed by atoms with Crippen molar-refractivity contribution in [3.8, 4) is 0 Å². The number of aromatic nitrogens is 4. The topological polar surface area (TPSA) is 130 Å². The van der Waals surface area contributed by atoms with Crippen LogP contribution in [0.1, 0.15) is 74.7 Å². The van der Waals surface area contributed by atoms with Gasteiger partial charge in [-0.2, -0.15) is 0 Å². The molecule has 2 aromatic heterocycles. The summed E-state index contributed by atoms with van der Waals surface area (Å²) in [5, 5.41) is 2.98. The number of nitrogens with one attached hydrogen (secondary N) is 1. The van der Waals surface area contributed by atoms with Crippen molar-refractivity contribution in [2.45, 2.75) is 62.7 Å². The Kier molecular flexibility index (Phi) is 14.2. The summed E-state index contributed by atoms with van der Waals surface area (Å²) < 4.78 is 87.0. The van der Waals surface area contributed by atoms with Crippen LogP contribution in [0.4, 0.5) is 17.6 Å². The van der Waals surface area contributed by atoms with Crippen LogP contribution in [0.5, 0.6) is 0 Å². The third kappa shape index (κ3) is 13.2. The fourth-order valence-electron chi connectivity index (χ4n) is 5.30. The smallest absolute Gasteiger partial charge is 0.253 e. The largest absolute Gasteiger partial charge is 0.338 e. The number of carbonyl (C=O) groups is 2. The standard InChI is InChI=1S/C19H21ClF2N4O.C13H15ClF2N2O.C6H7BrN2/c1-13-9-24-17(25-10-13)11-23-12-19(22)4-6-26(7-5-19)18(27)14-2-3-16(21)15(20)8-14;14-10-7-9(1-2-11(10)15)12(19)18-5-3-13(16,8-17)4-6-18;1-5-3-8-6(2-7)9-4-5/h2-3,8-10,23H,4-7,11-12H2,1H3;1-2,7H,3-6,8,17H2;3-4H,2H2,1H3/i12D2;8D2;. The molecule has 10 nitrogen and oxygen atoms in total. The van der Waals surface area contributed by atoms with E-state index in [0.29, 0.717) is 5.82 Å². The van der Waals surface area contributed by atoms with Gasteiger partial charge in [0.05, 0.1) is 21.9 Å². The van der Waals surface area contributed by atoms with Gasteiger partial charge in [0.15, 0.2) is 0 Å². The first-order valence-corrected chi connectivity index (χ1v) is 19.0. The Hall–Kier alpha value is -3.76. The van der Waals surface area contributed by atoms with Gasteiger partial charge in [0.2, 0.25) is 0 Å². The van der Waals surface area contributed by atoms with E-state index in [4.69, 9.17) is 34.4 Å². The molecule has 296 valence electrons. The van der Waals surface area contributed by atoms with Crippen LogP contribution in [0.3, 0.4) is 0 Å². The molecule has 2 saturated heterocycles. The van der Waals surface area contributed by atoms with Crippen molar-refractivity contribution >= 4 is 50.9 Å². The number of amides is 2. The molecule has 2 aliphatic rings. The number of carbonyl (C=O) groups excluding carboxylic acids is 2. The molecule has 0 radical (unpaired) electrons. The average Bonchev–Trinajstić information content (AvgIpc) is 3.20. The van der Waals surface area contributed by atoms with Gasteiger partial charge in [-0.05, 0) is 61.4 Å². The molecular formula is C38H43BrCl2F4N8O2. The lowest BCUT2D eigenvalue weighted by Crippen LogP contribution is -2.48. The molecule has 17 heteroatoms. The van der Waals surface area contributed by atoms with E-state index in [2.05, 4.69) is 41.2 Å². The van der Waals surface area contributed by atoms with E-state index < -0.39 is 47.8 Å². The number of hydrogen-bond donors (Lipinski definition) is 2. The molecule has 3 N–H and O–H groups in total. The Morgan fingerprint density at radius 2 is 1.18 bits per heavy atom. The molecule has 55 heavy (non-hydrogen) atoms. The molecule has 6 rings (SSSR count). The number of hydrogen-bond acceptors (Lipinski definition) is 8. The lowest BCUT2D eigenvalue weighted by molar-refractivity contribution is 0.0431. The quantitative estimate of drug-likeness (QED) is 0.139. The zero-order valence-electron chi connectivity index (χ0n) is 34.1. The minimum absolute atomic E-state index is 0.0182.